The predicted octanol–water partition coefficient (Wildman–Crippen LogP) is 3.64. The zero-order chi connectivity index (χ0) is 24.3. The molecule has 0 heterocycles. The summed E-state index contributed by atoms with van der Waals surface area (Å²) in [6.07, 6.45) is 17.5. The number of hydrogen-bond donors (Lipinski definition) is 0. The zero-order valence-electron chi connectivity index (χ0n) is 19.0. The molecule has 0 aliphatic heterocycles. The minimum atomic E-state index is -0.578. The Kier molecular flexibility index (Phi) is 27.7. The van der Waals surface area contributed by atoms with Gasteiger partial charge in [0.05, 0.1) is 41.3 Å². The van der Waals surface area contributed by atoms with E-state index in [0.717, 1.165) is 25.0 Å². The van der Waals surface area contributed by atoms with Crippen molar-refractivity contribution in [3.05, 3.63) is 61.3 Å². The third-order valence-electron chi connectivity index (χ3n) is 2.90. The van der Waals surface area contributed by atoms with Crippen molar-refractivity contribution in [2.75, 3.05) is 28.4 Å². The van der Waals surface area contributed by atoms with Gasteiger partial charge in [0.25, 0.3) is 0 Å². The number of esters is 4. The Morgan fingerprint density at radius 3 is 1.48 bits per heavy atom. The lowest BCUT2D eigenvalue weighted by atomic mass is 10.3. The van der Waals surface area contributed by atoms with Crippen molar-refractivity contribution >= 4 is 23.9 Å². The number of rotatable bonds is 10. The molecule has 0 aliphatic carbocycles. The average Bonchev–Trinajstić information content (AvgIpc) is 2.79. The maximum absolute atomic E-state index is 10.6. The monoisotopic (exact) mass is 438 g/mol. The van der Waals surface area contributed by atoms with Crippen LogP contribution in [-0.4, -0.2) is 52.3 Å². The minimum Gasteiger partial charge on any atom is -0.469 e. The van der Waals surface area contributed by atoms with E-state index in [0.29, 0.717) is 12.8 Å². The van der Waals surface area contributed by atoms with E-state index in [-0.39, 0.29) is 11.9 Å². The molecule has 0 spiro atoms. The first-order chi connectivity index (χ1) is 14.8. The molecule has 0 radical (unpaired) electrons. The van der Waals surface area contributed by atoms with Gasteiger partial charge in [-0.05, 0) is 12.8 Å². The molecule has 0 amide bonds. The van der Waals surface area contributed by atoms with Crippen LogP contribution in [0.2, 0.25) is 0 Å². The van der Waals surface area contributed by atoms with Crippen molar-refractivity contribution in [1.29, 1.82) is 0 Å². The highest BCUT2D eigenvalue weighted by molar-refractivity contribution is 5.91. The Bertz CT molecular complexity index is 609. The van der Waals surface area contributed by atoms with Crippen molar-refractivity contribution in [3.8, 4) is 0 Å². The summed E-state index contributed by atoms with van der Waals surface area (Å²) in [5.41, 5.74) is 0. The molecule has 0 bridgehead atoms. The first-order valence-electron chi connectivity index (χ1n) is 9.37. The smallest absolute Gasteiger partial charge is 0.330 e. The van der Waals surface area contributed by atoms with E-state index >= 15 is 0 Å². The van der Waals surface area contributed by atoms with E-state index in [1.54, 1.807) is 12.2 Å². The highest BCUT2D eigenvalue weighted by atomic mass is 16.5. The summed E-state index contributed by atoms with van der Waals surface area (Å²) in [6, 6.07) is 0. The molecule has 0 atom stereocenters. The van der Waals surface area contributed by atoms with E-state index in [9.17, 15) is 19.2 Å². The second-order valence-electron chi connectivity index (χ2n) is 5.19. The fraction of sp³-hybridized carbons (Fsp3) is 0.391. The molecule has 0 saturated heterocycles. The van der Waals surface area contributed by atoms with Gasteiger partial charge in [0, 0.05) is 12.2 Å². The molecule has 0 aromatic rings. The van der Waals surface area contributed by atoms with Gasteiger partial charge in [0.15, 0.2) is 0 Å². The number of carbonyl (C=O) groups is 4. The fourth-order valence-electron chi connectivity index (χ4n) is 1.31. The Hall–Kier alpha value is -3.42. The molecule has 8 heteroatoms. The van der Waals surface area contributed by atoms with Crippen molar-refractivity contribution < 1.29 is 38.1 Å². The highest BCUT2D eigenvalue weighted by Gasteiger charge is 1.94. The second-order valence-corrected chi connectivity index (χ2v) is 5.19. The molecule has 0 rings (SSSR count). The van der Waals surface area contributed by atoms with Crippen LogP contribution in [0.4, 0.5) is 0 Å². The average molecular weight is 439 g/mol. The summed E-state index contributed by atoms with van der Waals surface area (Å²) in [4.78, 5) is 41.6. The molecule has 0 aromatic heterocycles. The van der Waals surface area contributed by atoms with Gasteiger partial charge in [-0.3, -0.25) is 9.59 Å². The van der Waals surface area contributed by atoms with Crippen LogP contribution in [0.1, 0.15) is 32.6 Å². The Balaban J connectivity index is -0.000000384. The molecule has 0 aromatic carbocycles. The van der Waals surface area contributed by atoms with Gasteiger partial charge in [-0.1, -0.05) is 56.0 Å². The van der Waals surface area contributed by atoms with Crippen LogP contribution in [-0.2, 0) is 38.1 Å². The van der Waals surface area contributed by atoms with Crippen molar-refractivity contribution in [2.45, 2.75) is 32.6 Å². The Labute approximate surface area is 184 Å². The van der Waals surface area contributed by atoms with Gasteiger partial charge in [0.2, 0.25) is 0 Å². The molecule has 0 unspecified atom stereocenters. The first kappa shape index (κ1) is 32.3. The van der Waals surface area contributed by atoms with E-state index < -0.39 is 11.9 Å². The van der Waals surface area contributed by atoms with Gasteiger partial charge >= 0.3 is 23.9 Å². The van der Waals surface area contributed by atoms with Gasteiger partial charge in [-0.2, -0.15) is 0 Å². The molecule has 174 valence electrons. The van der Waals surface area contributed by atoms with Gasteiger partial charge in [-0.25, -0.2) is 9.59 Å². The molecule has 0 aliphatic rings. The SMILES string of the molecule is C=C/C=C\C/C=C\CC(=O)OC.CCC=CCC(=O)OC.COC(=O)/C=C\C(=O)OC. The lowest BCUT2D eigenvalue weighted by Crippen LogP contribution is -1.98. The summed E-state index contributed by atoms with van der Waals surface area (Å²) in [5, 5.41) is 0. The van der Waals surface area contributed by atoms with Crippen LogP contribution in [0.15, 0.2) is 61.3 Å². The molecular formula is C23H34O8. The van der Waals surface area contributed by atoms with Crippen molar-refractivity contribution in [3.63, 3.8) is 0 Å². The van der Waals surface area contributed by atoms with Crippen LogP contribution < -0.4 is 0 Å². The van der Waals surface area contributed by atoms with Gasteiger partial charge < -0.3 is 18.9 Å². The van der Waals surface area contributed by atoms with E-state index in [4.69, 9.17) is 0 Å². The van der Waals surface area contributed by atoms with E-state index in [1.807, 2.05) is 37.3 Å². The predicted molar refractivity (Wildman–Crippen MR) is 119 cm³/mol. The second kappa shape index (κ2) is 26.6. The topological polar surface area (TPSA) is 105 Å². The maximum Gasteiger partial charge on any atom is 0.330 e. The number of ether oxygens (including phenoxy) is 4. The third-order valence-corrected chi connectivity index (χ3v) is 2.90. The van der Waals surface area contributed by atoms with Crippen LogP contribution in [0.5, 0.6) is 0 Å². The largest absolute Gasteiger partial charge is 0.469 e. The molecule has 0 N–H and O–H groups in total. The minimum absolute atomic E-state index is 0.181. The Morgan fingerprint density at radius 2 is 1.13 bits per heavy atom. The lowest BCUT2D eigenvalue weighted by Gasteiger charge is -1.90. The van der Waals surface area contributed by atoms with Gasteiger partial charge in [-0.15, -0.1) is 0 Å². The normalized spacial score (nSPS) is 10.1. The van der Waals surface area contributed by atoms with Crippen LogP contribution in [0, 0.1) is 0 Å². The molecule has 31 heavy (non-hydrogen) atoms. The summed E-state index contributed by atoms with van der Waals surface area (Å²) in [5.74, 6) is -1.55. The molecule has 8 nitrogen and oxygen atoms in total. The van der Waals surface area contributed by atoms with E-state index in [2.05, 4.69) is 25.5 Å². The molecule has 0 saturated carbocycles. The highest BCUT2D eigenvalue weighted by Crippen LogP contribution is 1.91. The molecular weight excluding hydrogens is 404 g/mol. The number of carbonyl (C=O) groups excluding carboxylic acids is 4. The summed E-state index contributed by atoms with van der Waals surface area (Å²) in [7, 11) is 5.23. The van der Waals surface area contributed by atoms with Crippen molar-refractivity contribution in [2.24, 2.45) is 0 Å². The summed E-state index contributed by atoms with van der Waals surface area (Å²) in [6.45, 7) is 5.56. The fourth-order valence-corrected chi connectivity index (χ4v) is 1.31. The van der Waals surface area contributed by atoms with Crippen molar-refractivity contribution in [1.82, 2.24) is 0 Å². The number of allylic oxidation sites excluding steroid dienone is 5. The lowest BCUT2D eigenvalue weighted by molar-refractivity contribution is -0.140. The molecule has 0 fully saturated rings. The number of methoxy groups -OCH3 is 4. The van der Waals surface area contributed by atoms with E-state index in [1.165, 1.54) is 28.4 Å². The summed E-state index contributed by atoms with van der Waals surface area (Å²) < 4.78 is 17.3. The standard InChI is InChI=1S/C10H14O2.C7H12O2.C6H8O4/c1-3-4-5-6-7-8-9-10(11)12-2;1-3-4-5-6-7(8)9-2;1-9-5(7)3-4-6(8)10-2/h3-5,7-8H,1,6,9H2,2H3;4-5H,3,6H2,1-2H3;3-4H,1-2H3/b5-4-,8-7-;;4-3-. The number of hydrogen-bond acceptors (Lipinski definition) is 8. The Morgan fingerprint density at radius 1 is 0.677 bits per heavy atom. The quantitative estimate of drug-likeness (QED) is 0.167. The van der Waals surface area contributed by atoms with Crippen LogP contribution >= 0.6 is 0 Å². The van der Waals surface area contributed by atoms with Crippen LogP contribution in [0.25, 0.3) is 0 Å². The summed E-state index contributed by atoms with van der Waals surface area (Å²) >= 11 is 0. The third kappa shape index (κ3) is 31.5. The van der Waals surface area contributed by atoms with Gasteiger partial charge in [0.1, 0.15) is 0 Å². The first-order valence-corrected chi connectivity index (χ1v) is 9.37. The van der Waals surface area contributed by atoms with Crippen LogP contribution in [0.3, 0.4) is 0 Å². The maximum atomic E-state index is 10.6. The zero-order valence-corrected chi connectivity index (χ0v) is 19.0.